The maximum atomic E-state index is 12.9. The lowest BCUT2D eigenvalue weighted by Gasteiger charge is -2.26. The Labute approximate surface area is 171 Å². The van der Waals surface area contributed by atoms with Crippen LogP contribution in [0.1, 0.15) is 25.7 Å². The van der Waals surface area contributed by atoms with Crippen LogP contribution in [0.25, 0.3) is 21.9 Å². The van der Waals surface area contributed by atoms with E-state index in [-0.39, 0.29) is 22.5 Å². The van der Waals surface area contributed by atoms with Crippen LogP contribution in [-0.2, 0) is 6.54 Å². The lowest BCUT2D eigenvalue weighted by atomic mass is 10.0. The second-order valence-corrected chi connectivity index (χ2v) is 7.21. The van der Waals surface area contributed by atoms with Crippen LogP contribution in [0.15, 0.2) is 65.6 Å². The fraction of sp³-hybridized carbons (Fsp3) is 0.348. The number of pyridine rings is 1. The molecule has 1 saturated heterocycles. The fourth-order valence-corrected chi connectivity index (χ4v) is 4.00. The van der Waals surface area contributed by atoms with Gasteiger partial charge in [-0.15, -0.1) is 17.0 Å². The summed E-state index contributed by atoms with van der Waals surface area (Å²) < 4.78 is 1.91. The average Bonchev–Trinajstić information content (AvgIpc) is 2.71. The molecule has 1 aliphatic heterocycles. The van der Waals surface area contributed by atoms with Gasteiger partial charge < -0.3 is 9.47 Å². The zero-order valence-electron chi connectivity index (χ0n) is 15.6. The predicted molar refractivity (Wildman–Crippen MR) is 119 cm³/mol. The van der Waals surface area contributed by atoms with Crippen LogP contribution < -0.4 is 5.56 Å². The van der Waals surface area contributed by atoms with E-state index in [4.69, 9.17) is 0 Å². The second-order valence-electron chi connectivity index (χ2n) is 7.21. The molecule has 27 heavy (non-hydrogen) atoms. The Kier molecular flexibility index (Phi) is 6.86. The highest BCUT2D eigenvalue weighted by Crippen LogP contribution is 2.26. The predicted octanol–water partition coefficient (Wildman–Crippen LogP) is 5.12. The van der Waals surface area contributed by atoms with Crippen molar-refractivity contribution in [3.63, 3.8) is 0 Å². The van der Waals surface area contributed by atoms with Crippen LogP contribution in [0.2, 0.25) is 0 Å². The number of rotatable bonds is 5. The second kappa shape index (κ2) is 9.34. The summed E-state index contributed by atoms with van der Waals surface area (Å²) in [7, 11) is 0. The molecule has 0 saturated carbocycles. The van der Waals surface area contributed by atoms with Crippen LogP contribution in [0.5, 0.6) is 0 Å². The molecule has 142 valence electrons. The molecule has 2 aromatic carbocycles. The highest BCUT2D eigenvalue weighted by atomic mass is 79.9. The van der Waals surface area contributed by atoms with Gasteiger partial charge in [-0.3, -0.25) is 4.79 Å². The van der Waals surface area contributed by atoms with E-state index in [0.717, 1.165) is 41.4 Å². The Bertz CT molecular complexity index is 930. The summed E-state index contributed by atoms with van der Waals surface area (Å²) in [6.45, 7) is 4.28. The van der Waals surface area contributed by atoms with Gasteiger partial charge in [-0.1, -0.05) is 55.0 Å². The molecule has 0 unspecified atom stereocenters. The Morgan fingerprint density at radius 3 is 2.19 bits per heavy atom. The largest absolute Gasteiger partial charge is 0.314 e. The lowest BCUT2D eigenvalue weighted by Crippen LogP contribution is -2.31. The number of fused-ring (bicyclic) bond motifs is 1. The van der Waals surface area contributed by atoms with Crippen molar-refractivity contribution in [2.24, 2.45) is 0 Å². The van der Waals surface area contributed by atoms with Crippen LogP contribution >= 0.6 is 17.0 Å². The molecule has 0 N–H and O–H groups in total. The average molecular weight is 427 g/mol. The summed E-state index contributed by atoms with van der Waals surface area (Å²) in [5, 5.41) is 1.85. The maximum absolute atomic E-state index is 12.9. The topological polar surface area (TPSA) is 25.2 Å². The minimum Gasteiger partial charge on any atom is -0.314 e. The molecular weight excluding hydrogens is 400 g/mol. The summed E-state index contributed by atoms with van der Waals surface area (Å²) in [6, 6.07) is 18.3. The van der Waals surface area contributed by atoms with Gasteiger partial charge in [0.05, 0.1) is 0 Å². The van der Waals surface area contributed by atoms with Crippen LogP contribution in [0.4, 0.5) is 0 Å². The number of piperidine rings is 1. The molecule has 0 aliphatic carbocycles. The third-order valence-electron chi connectivity index (χ3n) is 5.40. The molecule has 3 aromatic rings. The van der Waals surface area contributed by atoms with E-state index >= 15 is 0 Å². The van der Waals surface area contributed by atoms with E-state index in [2.05, 4.69) is 41.4 Å². The Morgan fingerprint density at radius 2 is 1.44 bits per heavy atom. The molecule has 0 spiro atoms. The van der Waals surface area contributed by atoms with Gasteiger partial charge >= 0.3 is 0 Å². The van der Waals surface area contributed by atoms with Crippen molar-refractivity contribution < 1.29 is 0 Å². The van der Waals surface area contributed by atoms with Crippen molar-refractivity contribution in [1.29, 1.82) is 0 Å². The number of nitrogens with zero attached hydrogens (tertiary/aromatic N) is 2. The van der Waals surface area contributed by atoms with Gasteiger partial charge in [-0.2, -0.15) is 0 Å². The van der Waals surface area contributed by atoms with Gasteiger partial charge in [0, 0.05) is 23.7 Å². The Morgan fingerprint density at radius 1 is 0.778 bits per heavy atom. The van der Waals surface area contributed by atoms with Gasteiger partial charge in [-0.05, 0) is 55.9 Å². The number of hydrogen-bond donors (Lipinski definition) is 0. The van der Waals surface area contributed by atoms with Crippen molar-refractivity contribution >= 4 is 27.8 Å². The zero-order chi connectivity index (χ0) is 17.8. The third kappa shape index (κ3) is 4.50. The van der Waals surface area contributed by atoms with E-state index in [0.29, 0.717) is 0 Å². The molecule has 2 heterocycles. The summed E-state index contributed by atoms with van der Waals surface area (Å²) in [5.41, 5.74) is 2.42. The standard InChI is InChI=1S/C23H26N2O.BrH/c26-23-21-13-6-5-12-20(21)22(19-10-3-1-4-11-19)18-25(23)17-9-16-24-14-7-2-8-15-24;/h1,3-6,10-13,18H,2,7-9,14-17H2;1H. The van der Waals surface area contributed by atoms with Crippen molar-refractivity contribution in [1.82, 2.24) is 9.47 Å². The van der Waals surface area contributed by atoms with E-state index in [1.165, 1.54) is 32.4 Å². The molecule has 0 atom stereocenters. The monoisotopic (exact) mass is 426 g/mol. The van der Waals surface area contributed by atoms with E-state index < -0.39 is 0 Å². The molecule has 1 fully saturated rings. The van der Waals surface area contributed by atoms with Crippen LogP contribution in [0.3, 0.4) is 0 Å². The number of hydrogen-bond acceptors (Lipinski definition) is 2. The number of aryl methyl sites for hydroxylation is 1. The number of benzene rings is 2. The SMILES string of the molecule is Br.O=c1c2ccccc2c(-c2ccccc2)cn1CCCN1CCCCC1. The quantitative estimate of drug-likeness (QED) is 0.565. The maximum Gasteiger partial charge on any atom is 0.258 e. The van der Waals surface area contributed by atoms with Gasteiger partial charge in [-0.25, -0.2) is 0 Å². The van der Waals surface area contributed by atoms with Gasteiger partial charge in [0.25, 0.3) is 5.56 Å². The summed E-state index contributed by atoms with van der Waals surface area (Å²) in [6.07, 6.45) is 7.06. The first-order valence-electron chi connectivity index (χ1n) is 9.73. The third-order valence-corrected chi connectivity index (χ3v) is 5.40. The normalized spacial score (nSPS) is 14.8. The first-order chi connectivity index (χ1) is 12.8. The summed E-state index contributed by atoms with van der Waals surface area (Å²) in [5.74, 6) is 0. The van der Waals surface area contributed by atoms with Gasteiger partial charge in [0.2, 0.25) is 0 Å². The first kappa shape index (κ1) is 19.8. The Hall–Kier alpha value is -1.91. The number of aromatic nitrogens is 1. The van der Waals surface area contributed by atoms with E-state index in [9.17, 15) is 4.79 Å². The molecular formula is C23H27BrN2O. The van der Waals surface area contributed by atoms with Crippen LogP contribution in [0, 0.1) is 0 Å². The van der Waals surface area contributed by atoms with Crippen molar-refractivity contribution in [2.45, 2.75) is 32.2 Å². The molecule has 4 rings (SSSR count). The van der Waals surface area contributed by atoms with Crippen LogP contribution in [-0.4, -0.2) is 29.1 Å². The smallest absolute Gasteiger partial charge is 0.258 e. The van der Waals surface area contributed by atoms with Crippen molar-refractivity contribution in [3.8, 4) is 11.1 Å². The number of halogens is 1. The minimum atomic E-state index is 0. The van der Waals surface area contributed by atoms with E-state index in [1.807, 2.05) is 28.8 Å². The first-order valence-corrected chi connectivity index (χ1v) is 9.73. The van der Waals surface area contributed by atoms with Crippen molar-refractivity contribution in [3.05, 3.63) is 71.1 Å². The highest BCUT2D eigenvalue weighted by Gasteiger charge is 2.12. The zero-order valence-corrected chi connectivity index (χ0v) is 17.4. The number of likely N-dealkylation sites (tertiary alicyclic amines) is 1. The molecule has 1 aliphatic rings. The molecule has 1 aromatic heterocycles. The van der Waals surface area contributed by atoms with E-state index in [1.54, 1.807) is 0 Å². The van der Waals surface area contributed by atoms with Gasteiger partial charge in [0.15, 0.2) is 0 Å². The Balaban J connectivity index is 0.00000210. The molecule has 0 radical (unpaired) electrons. The van der Waals surface area contributed by atoms with Gasteiger partial charge in [0.1, 0.15) is 0 Å². The van der Waals surface area contributed by atoms with Crippen molar-refractivity contribution in [2.75, 3.05) is 19.6 Å². The summed E-state index contributed by atoms with van der Waals surface area (Å²) >= 11 is 0. The molecule has 0 amide bonds. The lowest BCUT2D eigenvalue weighted by molar-refractivity contribution is 0.222. The molecule has 3 nitrogen and oxygen atoms in total. The minimum absolute atomic E-state index is 0. The fourth-order valence-electron chi connectivity index (χ4n) is 4.00. The summed E-state index contributed by atoms with van der Waals surface area (Å²) in [4.78, 5) is 15.5. The molecule has 4 heteroatoms. The molecule has 0 bridgehead atoms. The highest BCUT2D eigenvalue weighted by molar-refractivity contribution is 8.93.